The molecule has 0 spiro atoms. The Morgan fingerprint density at radius 2 is 2.26 bits per heavy atom. The lowest BCUT2D eigenvalue weighted by molar-refractivity contribution is -0.136. The molecular formula is C14H19BrN2O2. The number of likely N-dealkylation sites (tertiary alicyclic amines) is 1. The normalized spacial score (nSPS) is 23.7. The standard InChI is InChI=1S/C14H19BrN2O2/c1-14(16-8-13(18)19)6-7-17(10-14)9-11-4-2-3-5-12(11)15/h2-5,16H,6-10H2,1H3,(H,18,19)/t14-/m0/s1. The molecule has 1 atom stereocenters. The van der Waals surface area contributed by atoms with Gasteiger partial charge in [0.05, 0.1) is 6.54 Å². The highest BCUT2D eigenvalue weighted by Crippen LogP contribution is 2.24. The van der Waals surface area contributed by atoms with Crippen LogP contribution in [0.3, 0.4) is 0 Å². The Balaban J connectivity index is 1.91. The first-order chi connectivity index (χ1) is 8.98. The van der Waals surface area contributed by atoms with Crippen molar-refractivity contribution in [1.82, 2.24) is 10.2 Å². The Bertz CT molecular complexity index is 467. The van der Waals surface area contributed by atoms with Gasteiger partial charge in [-0.25, -0.2) is 0 Å². The lowest BCUT2D eigenvalue weighted by Crippen LogP contribution is -2.46. The highest BCUT2D eigenvalue weighted by atomic mass is 79.9. The van der Waals surface area contributed by atoms with E-state index in [0.29, 0.717) is 0 Å². The molecule has 1 saturated heterocycles. The number of hydrogen-bond acceptors (Lipinski definition) is 3. The molecule has 5 heteroatoms. The zero-order chi connectivity index (χ0) is 13.9. The van der Waals surface area contributed by atoms with Crippen molar-refractivity contribution in [1.29, 1.82) is 0 Å². The van der Waals surface area contributed by atoms with Crippen LogP contribution in [0.4, 0.5) is 0 Å². The van der Waals surface area contributed by atoms with Crippen molar-refractivity contribution in [3.8, 4) is 0 Å². The van der Waals surface area contributed by atoms with E-state index in [2.05, 4.69) is 39.1 Å². The van der Waals surface area contributed by atoms with Crippen LogP contribution in [0.15, 0.2) is 28.7 Å². The molecule has 4 nitrogen and oxygen atoms in total. The minimum atomic E-state index is -0.800. The molecule has 2 N–H and O–H groups in total. The van der Waals surface area contributed by atoms with Crippen molar-refractivity contribution < 1.29 is 9.90 Å². The Morgan fingerprint density at radius 3 is 2.95 bits per heavy atom. The summed E-state index contributed by atoms with van der Waals surface area (Å²) in [5.74, 6) is -0.800. The van der Waals surface area contributed by atoms with Gasteiger partial charge in [0.2, 0.25) is 0 Å². The topological polar surface area (TPSA) is 52.6 Å². The molecule has 1 aliphatic heterocycles. The van der Waals surface area contributed by atoms with E-state index in [0.717, 1.165) is 30.5 Å². The van der Waals surface area contributed by atoms with E-state index in [1.54, 1.807) is 0 Å². The summed E-state index contributed by atoms with van der Waals surface area (Å²) in [6.45, 7) is 4.88. The Kier molecular flexibility index (Phi) is 4.60. The second-order valence-electron chi connectivity index (χ2n) is 5.36. The molecule has 0 unspecified atom stereocenters. The molecule has 1 aromatic rings. The molecule has 1 aliphatic rings. The maximum absolute atomic E-state index is 10.6. The van der Waals surface area contributed by atoms with Gasteiger partial charge in [0, 0.05) is 29.6 Å². The molecule has 1 aromatic carbocycles. The molecule has 0 saturated carbocycles. The molecule has 104 valence electrons. The summed E-state index contributed by atoms with van der Waals surface area (Å²) < 4.78 is 1.13. The molecule has 0 aromatic heterocycles. The van der Waals surface area contributed by atoms with Crippen molar-refractivity contribution in [3.05, 3.63) is 34.3 Å². The number of carboxylic acid groups (broad SMARTS) is 1. The van der Waals surface area contributed by atoms with E-state index in [1.165, 1.54) is 5.56 Å². The lowest BCUT2D eigenvalue weighted by atomic mass is 10.0. The van der Waals surface area contributed by atoms with Gasteiger partial charge in [-0.05, 0) is 25.0 Å². The Hall–Kier alpha value is -0.910. The van der Waals surface area contributed by atoms with E-state index in [1.807, 2.05) is 18.2 Å². The monoisotopic (exact) mass is 326 g/mol. The van der Waals surface area contributed by atoms with Crippen LogP contribution in [0.2, 0.25) is 0 Å². The van der Waals surface area contributed by atoms with Crippen molar-refractivity contribution >= 4 is 21.9 Å². The zero-order valence-corrected chi connectivity index (χ0v) is 12.6. The van der Waals surface area contributed by atoms with Crippen LogP contribution in [0.25, 0.3) is 0 Å². The van der Waals surface area contributed by atoms with Crippen LogP contribution >= 0.6 is 15.9 Å². The molecule has 0 aliphatic carbocycles. The summed E-state index contributed by atoms with van der Waals surface area (Å²) in [7, 11) is 0. The molecule has 0 amide bonds. The molecule has 0 bridgehead atoms. The molecule has 2 rings (SSSR count). The summed E-state index contributed by atoms with van der Waals surface area (Å²) in [5, 5.41) is 11.9. The van der Waals surface area contributed by atoms with E-state index in [4.69, 9.17) is 5.11 Å². The van der Waals surface area contributed by atoms with Crippen LogP contribution in [-0.2, 0) is 11.3 Å². The first kappa shape index (κ1) is 14.5. The van der Waals surface area contributed by atoms with Gasteiger partial charge in [-0.2, -0.15) is 0 Å². The van der Waals surface area contributed by atoms with Gasteiger partial charge >= 0.3 is 5.97 Å². The Morgan fingerprint density at radius 1 is 1.53 bits per heavy atom. The number of rotatable bonds is 5. The van der Waals surface area contributed by atoms with Gasteiger partial charge in [-0.1, -0.05) is 34.1 Å². The number of hydrogen-bond donors (Lipinski definition) is 2. The first-order valence-electron chi connectivity index (χ1n) is 6.41. The van der Waals surface area contributed by atoms with Crippen molar-refractivity contribution in [3.63, 3.8) is 0 Å². The third-order valence-electron chi connectivity index (χ3n) is 3.57. The SMILES string of the molecule is C[C@]1(NCC(=O)O)CCN(Cc2ccccc2Br)C1. The maximum Gasteiger partial charge on any atom is 0.317 e. The molecule has 0 radical (unpaired) electrons. The highest BCUT2D eigenvalue weighted by Gasteiger charge is 2.33. The van der Waals surface area contributed by atoms with Crippen molar-refractivity contribution in [2.24, 2.45) is 0 Å². The summed E-state index contributed by atoms with van der Waals surface area (Å²) in [5.41, 5.74) is 1.17. The first-order valence-corrected chi connectivity index (χ1v) is 7.20. The third kappa shape index (κ3) is 4.03. The van der Waals surface area contributed by atoms with E-state index < -0.39 is 5.97 Å². The number of carboxylic acids is 1. The van der Waals surface area contributed by atoms with Crippen LogP contribution in [0.1, 0.15) is 18.9 Å². The number of halogens is 1. The minimum absolute atomic E-state index is 0.0272. The number of benzene rings is 1. The van der Waals surface area contributed by atoms with E-state index in [-0.39, 0.29) is 12.1 Å². The van der Waals surface area contributed by atoms with Gasteiger partial charge in [-0.15, -0.1) is 0 Å². The predicted octanol–water partition coefficient (Wildman–Crippen LogP) is 2.09. The average Bonchev–Trinajstić information content (AvgIpc) is 2.72. The number of carbonyl (C=O) groups is 1. The van der Waals surface area contributed by atoms with Crippen LogP contribution in [0, 0.1) is 0 Å². The van der Waals surface area contributed by atoms with Gasteiger partial charge in [0.1, 0.15) is 0 Å². The summed E-state index contributed by atoms with van der Waals surface area (Å²) in [6.07, 6.45) is 0.977. The number of nitrogens with one attached hydrogen (secondary N) is 1. The van der Waals surface area contributed by atoms with Gasteiger partial charge in [0.15, 0.2) is 0 Å². The van der Waals surface area contributed by atoms with E-state index in [9.17, 15) is 4.79 Å². The van der Waals surface area contributed by atoms with Crippen molar-refractivity contribution in [2.45, 2.75) is 25.4 Å². The molecular weight excluding hydrogens is 308 g/mol. The fourth-order valence-corrected chi connectivity index (χ4v) is 2.90. The molecule has 19 heavy (non-hydrogen) atoms. The number of aliphatic carboxylic acids is 1. The average molecular weight is 327 g/mol. The van der Waals surface area contributed by atoms with E-state index >= 15 is 0 Å². The Labute approximate surface area is 121 Å². The smallest absolute Gasteiger partial charge is 0.317 e. The fraction of sp³-hybridized carbons (Fsp3) is 0.500. The maximum atomic E-state index is 10.6. The van der Waals surface area contributed by atoms with Crippen LogP contribution < -0.4 is 5.32 Å². The summed E-state index contributed by atoms with van der Waals surface area (Å²) in [6, 6.07) is 8.21. The van der Waals surface area contributed by atoms with Crippen LogP contribution in [0.5, 0.6) is 0 Å². The zero-order valence-electron chi connectivity index (χ0n) is 11.0. The highest BCUT2D eigenvalue weighted by molar-refractivity contribution is 9.10. The van der Waals surface area contributed by atoms with Gasteiger partial charge < -0.3 is 10.4 Å². The lowest BCUT2D eigenvalue weighted by Gasteiger charge is -2.25. The second-order valence-corrected chi connectivity index (χ2v) is 6.21. The largest absolute Gasteiger partial charge is 0.480 e. The summed E-state index contributed by atoms with van der Waals surface area (Å²) in [4.78, 5) is 13.0. The molecule has 1 fully saturated rings. The molecule has 1 heterocycles. The summed E-state index contributed by atoms with van der Waals surface area (Å²) >= 11 is 3.56. The number of nitrogens with zero attached hydrogens (tertiary/aromatic N) is 1. The quantitative estimate of drug-likeness (QED) is 0.870. The second kappa shape index (κ2) is 6.03. The fourth-order valence-electron chi connectivity index (χ4n) is 2.49. The van der Waals surface area contributed by atoms with Crippen LogP contribution in [-0.4, -0.2) is 41.1 Å². The van der Waals surface area contributed by atoms with Crippen molar-refractivity contribution in [2.75, 3.05) is 19.6 Å². The van der Waals surface area contributed by atoms with Gasteiger partial charge in [-0.3, -0.25) is 9.69 Å². The predicted molar refractivity (Wildman–Crippen MR) is 78.1 cm³/mol. The minimum Gasteiger partial charge on any atom is -0.480 e. The van der Waals surface area contributed by atoms with Gasteiger partial charge in [0.25, 0.3) is 0 Å². The third-order valence-corrected chi connectivity index (χ3v) is 4.34.